The number of benzene rings is 1. The second-order valence-corrected chi connectivity index (χ2v) is 3.17. The first-order chi connectivity index (χ1) is 7.67. The lowest BCUT2D eigenvalue weighted by Gasteiger charge is -2.08. The van der Waals surface area contributed by atoms with Crippen LogP contribution in [0.5, 0.6) is 5.75 Å². The minimum atomic E-state index is -0.558. The summed E-state index contributed by atoms with van der Waals surface area (Å²) in [5, 5.41) is 11.0. The number of anilines is 1. The van der Waals surface area contributed by atoms with Crippen molar-refractivity contribution >= 4 is 23.2 Å². The summed E-state index contributed by atoms with van der Waals surface area (Å²) in [4.78, 5) is 11.0. The number of ether oxygens (including phenoxy) is 1. The van der Waals surface area contributed by atoms with Gasteiger partial charge in [-0.1, -0.05) is 0 Å². The summed E-state index contributed by atoms with van der Waals surface area (Å²) in [6, 6.07) is 3.89. The lowest BCUT2D eigenvalue weighted by molar-refractivity contribution is -0.113. The first-order valence-corrected chi connectivity index (χ1v) is 5.10. The molecule has 0 heterocycles. The number of aliphatic hydroxyl groups is 1. The molecule has 0 saturated heterocycles. The van der Waals surface area contributed by atoms with Crippen molar-refractivity contribution < 1.29 is 19.0 Å². The summed E-state index contributed by atoms with van der Waals surface area (Å²) < 4.78 is 18.1. The van der Waals surface area contributed by atoms with Crippen molar-refractivity contribution in [3.63, 3.8) is 0 Å². The quantitative estimate of drug-likeness (QED) is 0.773. The monoisotopic (exact) mass is 247 g/mol. The Hall–Kier alpha value is -1.33. The van der Waals surface area contributed by atoms with Crippen LogP contribution in [0.25, 0.3) is 0 Å². The van der Waals surface area contributed by atoms with E-state index in [0.29, 0.717) is 5.69 Å². The molecule has 0 aliphatic rings. The number of hydrogen-bond acceptors (Lipinski definition) is 3. The van der Waals surface area contributed by atoms with Gasteiger partial charge in [0.2, 0.25) is 5.91 Å². The Morgan fingerprint density at radius 1 is 1.56 bits per heavy atom. The molecule has 2 N–H and O–H groups in total. The maximum absolute atomic E-state index is 13.2. The number of amides is 1. The number of nitrogens with one attached hydrogen (secondary N) is 1. The van der Waals surface area contributed by atoms with Crippen molar-refractivity contribution in [2.75, 3.05) is 24.4 Å². The van der Waals surface area contributed by atoms with Gasteiger partial charge in [0.25, 0.3) is 0 Å². The molecular formula is C10H11ClFNO3. The average Bonchev–Trinajstić information content (AvgIpc) is 2.29. The van der Waals surface area contributed by atoms with Crippen LogP contribution in [0.3, 0.4) is 0 Å². The fourth-order valence-corrected chi connectivity index (χ4v) is 1.11. The predicted molar refractivity (Wildman–Crippen MR) is 58.3 cm³/mol. The van der Waals surface area contributed by atoms with Crippen molar-refractivity contribution in [2.24, 2.45) is 0 Å². The van der Waals surface area contributed by atoms with Gasteiger partial charge in [-0.15, -0.1) is 11.6 Å². The van der Waals surface area contributed by atoms with Crippen LogP contribution >= 0.6 is 11.6 Å². The third-order valence-electron chi connectivity index (χ3n) is 1.69. The zero-order valence-electron chi connectivity index (χ0n) is 8.37. The van der Waals surface area contributed by atoms with Crippen LogP contribution in [0.2, 0.25) is 0 Å². The smallest absolute Gasteiger partial charge is 0.239 e. The van der Waals surface area contributed by atoms with Crippen molar-refractivity contribution in [2.45, 2.75) is 0 Å². The first-order valence-electron chi connectivity index (χ1n) is 4.56. The van der Waals surface area contributed by atoms with Gasteiger partial charge in [-0.05, 0) is 12.1 Å². The van der Waals surface area contributed by atoms with E-state index in [0.717, 1.165) is 6.07 Å². The second-order valence-electron chi connectivity index (χ2n) is 2.90. The van der Waals surface area contributed by atoms with Crippen LogP contribution in [0.15, 0.2) is 18.2 Å². The van der Waals surface area contributed by atoms with E-state index in [2.05, 4.69) is 5.32 Å². The van der Waals surface area contributed by atoms with E-state index in [4.69, 9.17) is 21.4 Å². The molecule has 1 aromatic carbocycles. The van der Waals surface area contributed by atoms with Crippen molar-refractivity contribution in [3.8, 4) is 5.75 Å². The lowest BCUT2D eigenvalue weighted by Crippen LogP contribution is -2.13. The average molecular weight is 248 g/mol. The summed E-state index contributed by atoms with van der Waals surface area (Å²) in [7, 11) is 0. The predicted octanol–water partition coefficient (Wildman–Crippen LogP) is 1.37. The molecule has 4 nitrogen and oxygen atoms in total. The van der Waals surface area contributed by atoms with Crippen LogP contribution in [0, 0.1) is 5.82 Å². The van der Waals surface area contributed by atoms with Crippen LogP contribution in [0.1, 0.15) is 0 Å². The molecule has 0 bridgehead atoms. The summed E-state index contributed by atoms with van der Waals surface area (Å²) in [5.41, 5.74) is 0.389. The Labute approximate surface area is 97.0 Å². The second kappa shape index (κ2) is 6.30. The Morgan fingerprint density at radius 2 is 2.31 bits per heavy atom. The van der Waals surface area contributed by atoms with E-state index in [1.54, 1.807) is 0 Å². The third kappa shape index (κ3) is 3.67. The third-order valence-corrected chi connectivity index (χ3v) is 1.93. The van der Waals surface area contributed by atoms with Gasteiger partial charge in [0, 0.05) is 11.8 Å². The van der Waals surface area contributed by atoms with Crippen molar-refractivity contribution in [1.82, 2.24) is 0 Å². The summed E-state index contributed by atoms with van der Waals surface area (Å²) in [6.45, 7) is -0.221. The number of alkyl halides is 1. The van der Waals surface area contributed by atoms with Crippen LogP contribution in [-0.2, 0) is 4.79 Å². The maximum Gasteiger partial charge on any atom is 0.239 e. The number of rotatable bonds is 5. The van der Waals surface area contributed by atoms with Crippen LogP contribution < -0.4 is 10.1 Å². The van der Waals surface area contributed by atoms with Gasteiger partial charge in [-0.2, -0.15) is 0 Å². The number of carbonyl (C=O) groups is 1. The first kappa shape index (κ1) is 12.7. The molecule has 0 radical (unpaired) electrons. The molecule has 1 aromatic rings. The van der Waals surface area contributed by atoms with Crippen LogP contribution in [-0.4, -0.2) is 30.1 Å². The van der Waals surface area contributed by atoms with E-state index in [1.807, 2.05) is 0 Å². The standard InChI is InChI=1S/C10H11ClFNO3/c11-6-10(15)13-7-1-2-8(12)9(5-7)16-4-3-14/h1-2,5,14H,3-4,6H2,(H,13,15). The Morgan fingerprint density at radius 3 is 2.94 bits per heavy atom. The SMILES string of the molecule is O=C(CCl)Nc1ccc(F)c(OCCO)c1. The van der Waals surface area contributed by atoms with E-state index < -0.39 is 5.82 Å². The van der Waals surface area contributed by atoms with Gasteiger partial charge in [0.05, 0.1) is 6.61 Å². The highest BCUT2D eigenvalue weighted by Crippen LogP contribution is 2.21. The molecule has 0 spiro atoms. The number of aliphatic hydroxyl groups excluding tert-OH is 1. The van der Waals surface area contributed by atoms with Crippen LogP contribution in [0.4, 0.5) is 10.1 Å². The number of halogens is 2. The van der Waals surface area contributed by atoms with E-state index in [-0.39, 0.29) is 30.8 Å². The highest BCUT2D eigenvalue weighted by molar-refractivity contribution is 6.29. The number of carbonyl (C=O) groups excluding carboxylic acids is 1. The molecule has 1 rings (SSSR count). The van der Waals surface area contributed by atoms with E-state index >= 15 is 0 Å². The van der Waals surface area contributed by atoms with Gasteiger partial charge in [-0.25, -0.2) is 4.39 Å². The largest absolute Gasteiger partial charge is 0.488 e. The normalized spacial score (nSPS) is 9.94. The minimum absolute atomic E-state index is 0.0101. The Bertz CT molecular complexity index is 373. The fraction of sp³-hybridized carbons (Fsp3) is 0.300. The fourth-order valence-electron chi connectivity index (χ4n) is 1.04. The van der Waals surface area contributed by atoms with Gasteiger partial charge >= 0.3 is 0 Å². The topological polar surface area (TPSA) is 58.6 Å². The molecule has 1 amide bonds. The summed E-state index contributed by atoms with van der Waals surface area (Å²) in [6.07, 6.45) is 0. The molecule has 0 fully saturated rings. The zero-order valence-corrected chi connectivity index (χ0v) is 9.13. The molecule has 6 heteroatoms. The van der Waals surface area contributed by atoms with E-state index in [1.165, 1.54) is 12.1 Å². The molecule has 0 saturated carbocycles. The zero-order chi connectivity index (χ0) is 12.0. The van der Waals surface area contributed by atoms with Crippen molar-refractivity contribution in [1.29, 1.82) is 0 Å². The minimum Gasteiger partial charge on any atom is -0.488 e. The molecule has 0 atom stereocenters. The summed E-state index contributed by atoms with van der Waals surface area (Å²) >= 11 is 5.31. The van der Waals surface area contributed by atoms with Gasteiger partial charge in [0.15, 0.2) is 11.6 Å². The highest BCUT2D eigenvalue weighted by atomic mass is 35.5. The molecule has 0 unspecified atom stereocenters. The van der Waals surface area contributed by atoms with Crippen molar-refractivity contribution in [3.05, 3.63) is 24.0 Å². The molecule has 0 aromatic heterocycles. The highest BCUT2D eigenvalue weighted by Gasteiger charge is 2.06. The molecule has 88 valence electrons. The Kier molecular flexibility index (Phi) is 5.01. The number of hydrogen-bond donors (Lipinski definition) is 2. The Balaban J connectivity index is 2.76. The van der Waals surface area contributed by atoms with Gasteiger partial charge in [-0.3, -0.25) is 4.79 Å². The molecule has 0 aliphatic carbocycles. The molecular weight excluding hydrogens is 237 g/mol. The van der Waals surface area contributed by atoms with Gasteiger partial charge in [0.1, 0.15) is 12.5 Å². The lowest BCUT2D eigenvalue weighted by atomic mass is 10.3. The molecule has 0 aliphatic heterocycles. The van der Waals surface area contributed by atoms with E-state index in [9.17, 15) is 9.18 Å². The maximum atomic E-state index is 13.2. The summed E-state index contributed by atoms with van der Waals surface area (Å²) in [5.74, 6) is -1.15. The molecule has 16 heavy (non-hydrogen) atoms. The van der Waals surface area contributed by atoms with Gasteiger partial charge < -0.3 is 15.2 Å².